The molecule has 2 nitrogen and oxygen atoms in total. The fourth-order valence-electron chi connectivity index (χ4n) is 3.00. The Balaban J connectivity index is 2.10. The Morgan fingerprint density at radius 1 is 0.909 bits per heavy atom. The van der Waals surface area contributed by atoms with Crippen LogP contribution in [-0.2, 0) is 6.42 Å². The fourth-order valence-corrected chi connectivity index (χ4v) is 3.00. The van der Waals surface area contributed by atoms with Gasteiger partial charge in [0.1, 0.15) is 0 Å². The van der Waals surface area contributed by atoms with E-state index >= 15 is 0 Å². The molecule has 0 saturated heterocycles. The zero-order valence-electron chi connectivity index (χ0n) is 14.4. The van der Waals surface area contributed by atoms with Crippen LogP contribution in [0.5, 0.6) is 0 Å². The van der Waals surface area contributed by atoms with Crippen LogP contribution < -0.4 is 0 Å². The summed E-state index contributed by atoms with van der Waals surface area (Å²) < 4.78 is 0. The average Bonchev–Trinajstić information content (AvgIpc) is 2.52. The summed E-state index contributed by atoms with van der Waals surface area (Å²) in [6.45, 7) is 12.2. The molecule has 0 radical (unpaired) electrons. The van der Waals surface area contributed by atoms with Crippen molar-refractivity contribution in [2.45, 2.75) is 40.5 Å². The lowest BCUT2D eigenvalue weighted by Gasteiger charge is -2.17. The van der Waals surface area contributed by atoms with Crippen LogP contribution in [0, 0.1) is 13.8 Å². The third kappa shape index (κ3) is 4.17. The van der Waals surface area contributed by atoms with Crippen LogP contribution in [0.2, 0.25) is 0 Å². The number of hydrogen-bond acceptors (Lipinski definition) is 2. The Hall–Kier alpha value is -1.67. The molecule has 0 unspecified atom stereocenters. The Morgan fingerprint density at radius 2 is 1.55 bits per heavy atom. The molecule has 2 heteroatoms. The standard InChI is InChI=1S/C20H28N2/c1-5-22(6-2)15-9-13-18-12-8-14-19(21-18)20-16(3)10-7-11-17(20)4/h7-8,10-12,14H,5-6,9,13,15H2,1-4H3. The lowest BCUT2D eigenvalue weighted by atomic mass is 9.99. The van der Waals surface area contributed by atoms with E-state index in [9.17, 15) is 0 Å². The van der Waals surface area contributed by atoms with Gasteiger partial charge in [-0.05, 0) is 69.6 Å². The number of rotatable bonds is 7. The van der Waals surface area contributed by atoms with Gasteiger partial charge in [-0.2, -0.15) is 0 Å². The Bertz CT molecular complexity index is 580. The first-order valence-corrected chi connectivity index (χ1v) is 8.40. The second kappa shape index (κ2) is 8.09. The maximum atomic E-state index is 4.89. The van der Waals surface area contributed by atoms with Gasteiger partial charge in [0, 0.05) is 11.3 Å². The largest absolute Gasteiger partial charge is 0.304 e. The summed E-state index contributed by atoms with van der Waals surface area (Å²) in [4.78, 5) is 7.36. The molecule has 0 atom stereocenters. The van der Waals surface area contributed by atoms with Crippen molar-refractivity contribution in [1.82, 2.24) is 9.88 Å². The maximum absolute atomic E-state index is 4.89. The molecule has 2 aromatic rings. The van der Waals surface area contributed by atoms with Crippen LogP contribution in [0.3, 0.4) is 0 Å². The van der Waals surface area contributed by atoms with E-state index in [2.05, 4.69) is 69.0 Å². The predicted octanol–water partition coefficient (Wildman–Crippen LogP) is 4.64. The molecule has 118 valence electrons. The van der Waals surface area contributed by atoms with E-state index < -0.39 is 0 Å². The Kier molecular flexibility index (Phi) is 6.14. The number of hydrogen-bond donors (Lipinski definition) is 0. The molecule has 0 spiro atoms. The lowest BCUT2D eigenvalue weighted by molar-refractivity contribution is 0.299. The van der Waals surface area contributed by atoms with E-state index in [0.717, 1.165) is 31.7 Å². The number of aromatic nitrogens is 1. The van der Waals surface area contributed by atoms with E-state index in [4.69, 9.17) is 4.98 Å². The molecular formula is C20H28N2. The highest BCUT2D eigenvalue weighted by molar-refractivity contribution is 5.67. The third-order valence-corrected chi connectivity index (χ3v) is 4.35. The SMILES string of the molecule is CCN(CC)CCCc1cccc(-c2c(C)cccc2C)n1. The number of pyridine rings is 1. The third-order valence-electron chi connectivity index (χ3n) is 4.35. The second-order valence-electron chi connectivity index (χ2n) is 5.91. The normalized spacial score (nSPS) is 11.1. The molecule has 0 saturated carbocycles. The quantitative estimate of drug-likeness (QED) is 0.740. The van der Waals surface area contributed by atoms with Gasteiger partial charge in [-0.3, -0.25) is 4.98 Å². The molecule has 0 fully saturated rings. The lowest BCUT2D eigenvalue weighted by Crippen LogP contribution is -2.24. The van der Waals surface area contributed by atoms with Gasteiger partial charge < -0.3 is 4.90 Å². The zero-order valence-corrected chi connectivity index (χ0v) is 14.4. The Labute approximate surface area is 135 Å². The number of benzene rings is 1. The van der Waals surface area contributed by atoms with Crippen molar-refractivity contribution in [3.8, 4) is 11.3 Å². The first kappa shape index (κ1) is 16.7. The van der Waals surface area contributed by atoms with Gasteiger partial charge in [-0.1, -0.05) is 38.1 Å². The molecule has 22 heavy (non-hydrogen) atoms. The van der Waals surface area contributed by atoms with Crippen LogP contribution in [-0.4, -0.2) is 29.5 Å². The summed E-state index contributed by atoms with van der Waals surface area (Å²) in [7, 11) is 0. The molecule has 0 aliphatic rings. The first-order valence-electron chi connectivity index (χ1n) is 8.40. The zero-order chi connectivity index (χ0) is 15.9. The van der Waals surface area contributed by atoms with Crippen molar-refractivity contribution >= 4 is 0 Å². The van der Waals surface area contributed by atoms with Crippen LogP contribution >= 0.6 is 0 Å². The maximum Gasteiger partial charge on any atom is 0.0710 e. The summed E-state index contributed by atoms with van der Waals surface area (Å²) in [6.07, 6.45) is 2.22. The van der Waals surface area contributed by atoms with E-state index in [1.807, 2.05) is 0 Å². The van der Waals surface area contributed by atoms with Gasteiger partial charge in [-0.25, -0.2) is 0 Å². The van der Waals surface area contributed by atoms with Crippen molar-refractivity contribution in [3.63, 3.8) is 0 Å². The summed E-state index contributed by atoms with van der Waals surface area (Å²) in [5.41, 5.74) is 6.19. The number of nitrogens with zero attached hydrogens (tertiary/aromatic N) is 2. The van der Waals surface area contributed by atoms with Crippen LogP contribution in [0.4, 0.5) is 0 Å². The van der Waals surface area contributed by atoms with Crippen molar-refractivity contribution in [1.29, 1.82) is 0 Å². The topological polar surface area (TPSA) is 16.1 Å². The van der Waals surface area contributed by atoms with Gasteiger partial charge in [0.25, 0.3) is 0 Å². The summed E-state index contributed by atoms with van der Waals surface area (Å²) >= 11 is 0. The Morgan fingerprint density at radius 3 is 2.18 bits per heavy atom. The van der Waals surface area contributed by atoms with Gasteiger partial charge >= 0.3 is 0 Å². The van der Waals surface area contributed by atoms with Gasteiger partial charge in [0.15, 0.2) is 0 Å². The highest BCUT2D eigenvalue weighted by Crippen LogP contribution is 2.25. The molecule has 0 aliphatic carbocycles. The van der Waals surface area contributed by atoms with Crippen molar-refractivity contribution in [3.05, 3.63) is 53.2 Å². The molecular weight excluding hydrogens is 268 g/mol. The average molecular weight is 296 g/mol. The molecule has 2 rings (SSSR count). The van der Waals surface area contributed by atoms with E-state index in [1.165, 1.54) is 28.8 Å². The summed E-state index contributed by atoms with van der Waals surface area (Å²) in [5.74, 6) is 0. The molecule has 0 amide bonds. The molecule has 1 aromatic heterocycles. The summed E-state index contributed by atoms with van der Waals surface area (Å²) in [5, 5.41) is 0. The minimum absolute atomic E-state index is 1.05. The molecule has 0 bridgehead atoms. The highest BCUT2D eigenvalue weighted by atomic mass is 15.1. The molecule has 1 aromatic carbocycles. The van der Waals surface area contributed by atoms with Gasteiger partial charge in [0.05, 0.1) is 5.69 Å². The molecule has 0 N–H and O–H groups in total. The van der Waals surface area contributed by atoms with Crippen molar-refractivity contribution in [2.75, 3.05) is 19.6 Å². The van der Waals surface area contributed by atoms with E-state index in [-0.39, 0.29) is 0 Å². The monoisotopic (exact) mass is 296 g/mol. The van der Waals surface area contributed by atoms with E-state index in [1.54, 1.807) is 0 Å². The van der Waals surface area contributed by atoms with Crippen molar-refractivity contribution in [2.24, 2.45) is 0 Å². The minimum Gasteiger partial charge on any atom is -0.304 e. The van der Waals surface area contributed by atoms with Gasteiger partial charge in [-0.15, -0.1) is 0 Å². The van der Waals surface area contributed by atoms with Gasteiger partial charge in [0.2, 0.25) is 0 Å². The smallest absolute Gasteiger partial charge is 0.0710 e. The van der Waals surface area contributed by atoms with E-state index in [0.29, 0.717) is 0 Å². The predicted molar refractivity (Wildman–Crippen MR) is 95.3 cm³/mol. The second-order valence-corrected chi connectivity index (χ2v) is 5.91. The number of aryl methyl sites for hydroxylation is 3. The molecule has 0 aliphatic heterocycles. The minimum atomic E-state index is 1.05. The fraction of sp³-hybridized carbons (Fsp3) is 0.450. The van der Waals surface area contributed by atoms with Crippen LogP contribution in [0.1, 0.15) is 37.1 Å². The van der Waals surface area contributed by atoms with Crippen molar-refractivity contribution < 1.29 is 0 Å². The van der Waals surface area contributed by atoms with Crippen LogP contribution in [0.25, 0.3) is 11.3 Å². The summed E-state index contributed by atoms with van der Waals surface area (Å²) in [6, 6.07) is 12.9. The molecule has 1 heterocycles. The van der Waals surface area contributed by atoms with Crippen LogP contribution in [0.15, 0.2) is 36.4 Å². The first-order chi connectivity index (χ1) is 10.7. The highest BCUT2D eigenvalue weighted by Gasteiger charge is 2.07.